The first-order chi connectivity index (χ1) is 13.4. The van der Waals surface area contributed by atoms with Gasteiger partial charge in [0.15, 0.2) is 0 Å². The van der Waals surface area contributed by atoms with Gasteiger partial charge in [-0.2, -0.15) is 0 Å². The van der Waals surface area contributed by atoms with Gasteiger partial charge in [-0.3, -0.25) is 0 Å². The Bertz CT molecular complexity index is 1370. The molecule has 0 saturated carbocycles. The Morgan fingerprint density at radius 3 is 1.97 bits per heavy atom. The van der Waals surface area contributed by atoms with Crippen LogP contribution in [0.25, 0.3) is 0 Å². The SMILES string of the molecule is [CH3][Sb]([CH3])(=[O])[c]1ccc(S(=O)(=O)O)c2c1[CH]([Sb]([CH3])([CH3])=[O])c1ccc(S(=O)(=O)O)cc1O2. The molecule has 0 aromatic heterocycles. The van der Waals surface area contributed by atoms with E-state index < -0.39 is 71.5 Å². The van der Waals surface area contributed by atoms with Crippen LogP contribution in [0.4, 0.5) is 0 Å². The summed E-state index contributed by atoms with van der Waals surface area (Å²) >= 11 is -8.21. The van der Waals surface area contributed by atoms with Crippen molar-refractivity contribution >= 4 is 61.3 Å². The molecule has 13 heteroatoms. The summed E-state index contributed by atoms with van der Waals surface area (Å²) in [6.07, 6.45) is 0. The van der Waals surface area contributed by atoms with E-state index in [1.54, 1.807) is 19.5 Å². The summed E-state index contributed by atoms with van der Waals surface area (Å²) in [6, 6.07) is 5.89. The minimum absolute atomic E-state index is 0.111. The molecule has 0 saturated heterocycles. The minimum atomic E-state index is -4.77. The van der Waals surface area contributed by atoms with Gasteiger partial charge in [0.2, 0.25) is 0 Å². The van der Waals surface area contributed by atoms with E-state index in [1.807, 2.05) is 0 Å². The van der Waals surface area contributed by atoms with Gasteiger partial charge in [-0.25, -0.2) is 0 Å². The van der Waals surface area contributed by atoms with E-state index in [0.29, 0.717) is 9.07 Å². The average Bonchev–Trinajstić information content (AvgIpc) is 2.54. The van der Waals surface area contributed by atoms with Gasteiger partial charge in [0.05, 0.1) is 0 Å². The molecule has 1 heterocycles. The normalized spacial score (nSPS) is 17.1. The molecule has 164 valence electrons. The fourth-order valence-electron chi connectivity index (χ4n) is 3.51. The first-order valence-corrected chi connectivity index (χ1v) is 26.4. The molecule has 0 amide bonds. The molecule has 30 heavy (non-hydrogen) atoms. The second-order valence-corrected chi connectivity index (χ2v) is 29.3. The molecule has 1 atom stereocenters. The molecule has 0 fully saturated rings. The molecule has 2 aromatic carbocycles. The zero-order chi connectivity index (χ0) is 22.9. The van der Waals surface area contributed by atoms with Crippen molar-refractivity contribution in [1.29, 1.82) is 0 Å². The summed E-state index contributed by atoms with van der Waals surface area (Å²) in [4.78, 5) is 5.12. The molecular weight excluding hydrogens is 656 g/mol. The number of hydrogen-bond donors (Lipinski definition) is 2. The van der Waals surface area contributed by atoms with E-state index in [1.165, 1.54) is 12.1 Å². The molecule has 1 aliphatic rings. The summed E-state index contributed by atoms with van der Waals surface area (Å²) in [7, 11) is -9.35. The molecule has 0 aliphatic carbocycles. The van der Waals surface area contributed by atoms with Gasteiger partial charge in [-0.05, 0) is 0 Å². The molecule has 9 nitrogen and oxygen atoms in total. The number of hydrogen-bond acceptors (Lipinski definition) is 7. The van der Waals surface area contributed by atoms with Gasteiger partial charge in [0, 0.05) is 0 Å². The molecule has 0 bridgehead atoms. The van der Waals surface area contributed by atoms with Crippen LogP contribution in [-0.4, -0.2) is 63.5 Å². The van der Waals surface area contributed by atoms with Crippen LogP contribution in [0.1, 0.15) is 15.0 Å². The number of fused-ring (bicyclic) bond motifs is 2. The average molecular weight is 676 g/mol. The van der Waals surface area contributed by atoms with Gasteiger partial charge < -0.3 is 0 Å². The van der Waals surface area contributed by atoms with Gasteiger partial charge in [0.1, 0.15) is 0 Å². The maximum absolute atomic E-state index is 13.4. The fraction of sp³-hybridized carbons (Fsp3) is 0.294. The number of ether oxygens (including phenoxy) is 1. The van der Waals surface area contributed by atoms with Gasteiger partial charge in [-0.15, -0.1) is 0 Å². The maximum atomic E-state index is 13.4. The Morgan fingerprint density at radius 2 is 1.50 bits per heavy atom. The summed E-state index contributed by atoms with van der Waals surface area (Å²) in [6.45, 7) is 0. The number of benzene rings is 2. The monoisotopic (exact) mass is 674 g/mol. The van der Waals surface area contributed by atoms with Crippen molar-refractivity contribution in [3.8, 4) is 11.5 Å². The molecule has 3 rings (SSSR count). The summed E-state index contributed by atoms with van der Waals surface area (Å²) in [5.41, 5.74) is 0.526. The topological polar surface area (TPSA) is 152 Å². The third kappa shape index (κ3) is 4.43. The Morgan fingerprint density at radius 1 is 0.900 bits per heavy atom. The molecule has 0 spiro atoms. The second kappa shape index (κ2) is 7.42. The van der Waals surface area contributed by atoms with E-state index in [-0.39, 0.29) is 17.1 Å². The van der Waals surface area contributed by atoms with Crippen LogP contribution in [0.3, 0.4) is 0 Å². The van der Waals surface area contributed by atoms with E-state index in [9.17, 15) is 32.0 Å². The quantitative estimate of drug-likeness (QED) is 0.368. The predicted molar refractivity (Wildman–Crippen MR) is 110 cm³/mol. The Hall–Kier alpha value is -0.704. The summed E-state index contributed by atoms with van der Waals surface area (Å²) in [5, 5.41) is 0. The molecule has 1 aliphatic heterocycles. The van der Waals surface area contributed by atoms with Crippen molar-refractivity contribution in [3.05, 3.63) is 41.5 Å². The van der Waals surface area contributed by atoms with Crippen molar-refractivity contribution in [2.75, 3.05) is 0 Å². The van der Waals surface area contributed by atoms with Crippen LogP contribution in [0, 0.1) is 0 Å². The van der Waals surface area contributed by atoms with Crippen LogP contribution in [0.5, 0.6) is 11.5 Å². The first-order valence-electron chi connectivity index (χ1n) is 8.46. The first kappa shape index (κ1) is 23.9. The van der Waals surface area contributed by atoms with Crippen LogP contribution in [0.2, 0.25) is 19.5 Å². The Balaban J connectivity index is 2.50. The Kier molecular flexibility index (Phi) is 5.93. The Labute approximate surface area is 182 Å². The summed E-state index contributed by atoms with van der Waals surface area (Å²) < 4.78 is 97.7. The molecule has 1 unspecified atom stereocenters. The van der Waals surface area contributed by atoms with Crippen molar-refractivity contribution < 1.29 is 36.7 Å². The fourth-order valence-corrected chi connectivity index (χ4v) is 14.1. The van der Waals surface area contributed by atoms with Crippen molar-refractivity contribution in [1.82, 2.24) is 0 Å². The molecule has 2 aromatic rings. The van der Waals surface area contributed by atoms with Gasteiger partial charge in [-0.1, -0.05) is 0 Å². The van der Waals surface area contributed by atoms with Crippen LogP contribution in [0.15, 0.2) is 40.1 Å². The second-order valence-electron chi connectivity index (χ2n) is 7.77. The zero-order valence-corrected chi connectivity index (χ0v) is 23.2. The van der Waals surface area contributed by atoms with Gasteiger partial charge in [0.25, 0.3) is 0 Å². The third-order valence-electron chi connectivity index (χ3n) is 4.68. The van der Waals surface area contributed by atoms with Crippen molar-refractivity contribution in [3.63, 3.8) is 0 Å². The predicted octanol–water partition coefficient (Wildman–Crippen LogP) is 2.44. The van der Waals surface area contributed by atoms with E-state index in [2.05, 4.69) is 0 Å². The third-order valence-corrected chi connectivity index (χ3v) is 15.9. The standard InChI is InChI=1S/C13H8O7S2.4CH3.2O.2Sb/c14-21(15,16)10-5-4-8-6-9-2-1-3-12(22(17,18)19)13(9)20-11(8)7-10;;;;;;;;/h1,3-7H,(H,14,15,16)(H,17,18,19);4*1H3;;;;. The molecular formula is C17H20O9S2Sb2. The van der Waals surface area contributed by atoms with Crippen molar-refractivity contribution in [2.24, 2.45) is 0 Å². The van der Waals surface area contributed by atoms with E-state index >= 15 is 0 Å². The van der Waals surface area contributed by atoms with Crippen LogP contribution < -0.4 is 8.25 Å². The zero-order valence-electron chi connectivity index (χ0n) is 16.4. The van der Waals surface area contributed by atoms with E-state index in [4.69, 9.17) is 4.74 Å². The summed E-state index contributed by atoms with van der Waals surface area (Å²) in [5.74, 6) is -0.434. The molecule has 2 N–H and O–H groups in total. The molecule has 0 radical (unpaired) electrons. The van der Waals surface area contributed by atoms with E-state index in [0.717, 1.165) is 18.2 Å². The van der Waals surface area contributed by atoms with Crippen molar-refractivity contribution in [2.45, 2.75) is 33.1 Å². The van der Waals surface area contributed by atoms with Gasteiger partial charge >= 0.3 is 184 Å². The van der Waals surface area contributed by atoms with Crippen LogP contribution in [-0.2, 0) is 26.3 Å². The van der Waals surface area contributed by atoms with Crippen LogP contribution >= 0.6 is 0 Å². The number of rotatable bonds is 4.